The Morgan fingerprint density at radius 1 is 0.441 bits per heavy atom. The molecule has 0 amide bonds. The van der Waals surface area contributed by atoms with E-state index in [0.717, 1.165) is 0 Å². The molecule has 0 saturated carbocycles. The highest BCUT2D eigenvalue weighted by Gasteiger charge is 2.53. The first kappa shape index (κ1) is 27.9. The van der Waals surface area contributed by atoms with Gasteiger partial charge in [0.1, 0.15) is 73.2 Å². The van der Waals surface area contributed by atoms with Gasteiger partial charge in [0.2, 0.25) is 0 Å². The van der Waals surface area contributed by atoms with Gasteiger partial charge in [0.25, 0.3) is 0 Å². The lowest BCUT2D eigenvalue weighted by molar-refractivity contribution is -0.377. The fourth-order valence-corrected chi connectivity index (χ4v) is 4.06. The van der Waals surface area contributed by atoms with Crippen LogP contribution in [0.15, 0.2) is 0 Å². The van der Waals surface area contributed by atoms with Crippen molar-refractivity contribution in [2.45, 2.75) is 92.1 Å². The van der Waals surface area contributed by atoms with Gasteiger partial charge in [-0.3, -0.25) is 0 Å². The Hall–Kier alpha value is -0.640. The molecule has 16 nitrogen and oxygen atoms in total. The van der Waals surface area contributed by atoms with E-state index in [-0.39, 0.29) is 0 Å². The van der Waals surface area contributed by atoms with Gasteiger partial charge in [-0.05, 0) is 0 Å². The monoisotopic (exact) mass is 504 g/mol. The molecule has 3 fully saturated rings. The lowest BCUT2D eigenvalue weighted by Crippen LogP contribution is -2.66. The largest absolute Gasteiger partial charge is 0.394 e. The molecule has 0 spiro atoms. The van der Waals surface area contributed by atoms with E-state index >= 15 is 0 Å². The maximum atomic E-state index is 10.6. The molecule has 0 unspecified atom stereocenters. The van der Waals surface area contributed by atoms with Crippen molar-refractivity contribution in [1.82, 2.24) is 0 Å². The summed E-state index contributed by atoms with van der Waals surface area (Å²) in [5.74, 6) is 0. The number of aliphatic hydroxyl groups excluding tert-OH is 11. The summed E-state index contributed by atoms with van der Waals surface area (Å²) in [5.41, 5.74) is 0. The summed E-state index contributed by atoms with van der Waals surface area (Å²) in [6, 6.07) is 0. The number of aliphatic hydroxyl groups is 11. The van der Waals surface area contributed by atoms with E-state index in [1.165, 1.54) is 0 Å². The number of ether oxygens (including phenoxy) is 5. The molecule has 3 heterocycles. The smallest absolute Gasteiger partial charge is 0.187 e. The average molecular weight is 504 g/mol. The third-order valence-electron chi connectivity index (χ3n) is 6.09. The van der Waals surface area contributed by atoms with E-state index < -0.39 is 112 Å². The third kappa shape index (κ3) is 5.37. The first-order valence-electron chi connectivity index (χ1n) is 10.6. The zero-order chi connectivity index (χ0) is 25.3. The highest BCUT2D eigenvalue weighted by Crippen LogP contribution is 2.32. The van der Waals surface area contributed by atoms with E-state index in [9.17, 15) is 56.2 Å². The molecule has 0 bridgehead atoms. The molecule has 3 aliphatic rings. The first-order valence-corrected chi connectivity index (χ1v) is 10.6. The molecular weight excluding hydrogens is 472 g/mol. The Balaban J connectivity index is 1.72. The quantitative estimate of drug-likeness (QED) is 0.154. The predicted molar refractivity (Wildman–Crippen MR) is 101 cm³/mol. The van der Waals surface area contributed by atoms with Crippen LogP contribution in [0.1, 0.15) is 0 Å². The minimum absolute atomic E-state index is 0.741. The molecule has 15 atom stereocenters. The van der Waals surface area contributed by atoms with Crippen LogP contribution in [0.3, 0.4) is 0 Å². The minimum atomic E-state index is -1.91. The maximum absolute atomic E-state index is 10.6. The number of rotatable bonds is 7. The van der Waals surface area contributed by atoms with Crippen LogP contribution in [-0.2, 0) is 23.7 Å². The molecular formula is C18H32O16. The van der Waals surface area contributed by atoms with Gasteiger partial charge in [0.05, 0.1) is 19.8 Å². The average Bonchev–Trinajstić information content (AvgIpc) is 2.83. The fraction of sp³-hybridized carbons (Fsp3) is 1.00. The third-order valence-corrected chi connectivity index (χ3v) is 6.09. The van der Waals surface area contributed by atoms with Crippen LogP contribution in [0.4, 0.5) is 0 Å². The van der Waals surface area contributed by atoms with E-state index in [2.05, 4.69) is 0 Å². The molecule has 0 aliphatic carbocycles. The molecule has 34 heavy (non-hydrogen) atoms. The Morgan fingerprint density at radius 3 is 1.35 bits per heavy atom. The summed E-state index contributed by atoms with van der Waals surface area (Å²) < 4.78 is 26.4. The summed E-state index contributed by atoms with van der Waals surface area (Å²) in [6.07, 6.45) is -25.1. The maximum Gasteiger partial charge on any atom is 0.187 e. The highest BCUT2D eigenvalue weighted by molar-refractivity contribution is 4.96. The molecule has 0 aromatic heterocycles. The number of hydrogen-bond acceptors (Lipinski definition) is 16. The SMILES string of the molecule is OC[C@H]1O[C@H](O[C@H]2[C@H](O)[C@H](O)[C@@H](O[C@H]3[C@H](O)[C@@H](O)[C@H](O)O[C@@H]3CO)O[C@@H]2CO)[C@@H](O)[C@@H](O)[C@@H]1O. The van der Waals surface area contributed by atoms with Crippen LogP contribution in [0.25, 0.3) is 0 Å². The van der Waals surface area contributed by atoms with Crippen LogP contribution in [0, 0.1) is 0 Å². The molecule has 11 N–H and O–H groups in total. The lowest BCUT2D eigenvalue weighted by atomic mass is 9.96. The van der Waals surface area contributed by atoms with Gasteiger partial charge in [-0.1, -0.05) is 0 Å². The van der Waals surface area contributed by atoms with Gasteiger partial charge in [0, 0.05) is 0 Å². The van der Waals surface area contributed by atoms with Crippen molar-refractivity contribution in [2.75, 3.05) is 19.8 Å². The van der Waals surface area contributed by atoms with Crippen LogP contribution in [-0.4, -0.2) is 168 Å². The molecule has 0 aromatic rings. The summed E-state index contributed by atoms with van der Waals surface area (Å²) in [5, 5.41) is 109. The van der Waals surface area contributed by atoms with Crippen molar-refractivity contribution in [3.8, 4) is 0 Å². The molecule has 0 aromatic carbocycles. The van der Waals surface area contributed by atoms with Crippen LogP contribution < -0.4 is 0 Å². The van der Waals surface area contributed by atoms with E-state index in [1.807, 2.05) is 0 Å². The fourth-order valence-electron chi connectivity index (χ4n) is 4.06. The van der Waals surface area contributed by atoms with Crippen molar-refractivity contribution in [3.63, 3.8) is 0 Å². The molecule has 200 valence electrons. The second kappa shape index (κ2) is 11.6. The predicted octanol–water partition coefficient (Wildman–Crippen LogP) is -7.57. The topological polar surface area (TPSA) is 269 Å². The van der Waals surface area contributed by atoms with E-state index in [4.69, 9.17) is 23.7 Å². The zero-order valence-corrected chi connectivity index (χ0v) is 17.7. The second-order valence-corrected chi connectivity index (χ2v) is 8.33. The van der Waals surface area contributed by atoms with Crippen molar-refractivity contribution < 1.29 is 79.9 Å². The molecule has 3 saturated heterocycles. The van der Waals surface area contributed by atoms with E-state index in [0.29, 0.717) is 0 Å². The van der Waals surface area contributed by atoms with Gasteiger partial charge in [-0.15, -0.1) is 0 Å². The summed E-state index contributed by atoms with van der Waals surface area (Å²) in [4.78, 5) is 0. The molecule has 3 aliphatic heterocycles. The summed E-state index contributed by atoms with van der Waals surface area (Å²) >= 11 is 0. The van der Waals surface area contributed by atoms with Crippen LogP contribution in [0.2, 0.25) is 0 Å². The summed E-state index contributed by atoms with van der Waals surface area (Å²) in [7, 11) is 0. The van der Waals surface area contributed by atoms with Gasteiger partial charge >= 0.3 is 0 Å². The van der Waals surface area contributed by atoms with Crippen LogP contribution >= 0.6 is 0 Å². The number of hydrogen-bond donors (Lipinski definition) is 11. The minimum Gasteiger partial charge on any atom is -0.394 e. The molecule has 0 radical (unpaired) electrons. The Labute approximate surface area is 192 Å². The molecule has 3 rings (SSSR count). The van der Waals surface area contributed by atoms with Gasteiger partial charge < -0.3 is 79.9 Å². The Bertz CT molecular complexity index is 635. The van der Waals surface area contributed by atoms with Crippen molar-refractivity contribution in [2.24, 2.45) is 0 Å². The summed E-state index contributed by atoms with van der Waals surface area (Å²) in [6.45, 7) is -2.32. The Morgan fingerprint density at radius 2 is 0.853 bits per heavy atom. The first-order chi connectivity index (χ1) is 16.0. The van der Waals surface area contributed by atoms with Gasteiger partial charge in [-0.25, -0.2) is 0 Å². The van der Waals surface area contributed by atoms with Crippen LogP contribution in [0.5, 0.6) is 0 Å². The van der Waals surface area contributed by atoms with Crippen molar-refractivity contribution in [3.05, 3.63) is 0 Å². The zero-order valence-electron chi connectivity index (χ0n) is 17.7. The standard InChI is InChI=1S/C18H32O16/c19-1-4-7(22)8(23)12(27)17(31-4)34-15-6(3-21)32-18(13(28)10(15)25)33-14-5(2-20)30-16(29)11(26)9(14)24/h4-29H,1-3H2/t4-,5-,6-,7-,8+,9-,10-,11-,12+,13+,14-,15-,16-,17-,18-/m1/s1. The van der Waals surface area contributed by atoms with Gasteiger partial charge in [0.15, 0.2) is 18.9 Å². The molecule has 16 heteroatoms. The van der Waals surface area contributed by atoms with Gasteiger partial charge in [-0.2, -0.15) is 0 Å². The normalized spacial score (nSPS) is 52.5. The lowest BCUT2D eigenvalue weighted by Gasteiger charge is -2.47. The van der Waals surface area contributed by atoms with Crippen molar-refractivity contribution in [1.29, 1.82) is 0 Å². The van der Waals surface area contributed by atoms with Crippen molar-refractivity contribution >= 4 is 0 Å². The highest BCUT2D eigenvalue weighted by atomic mass is 16.8. The Kier molecular flexibility index (Phi) is 9.54. The van der Waals surface area contributed by atoms with E-state index in [1.54, 1.807) is 0 Å². The second-order valence-electron chi connectivity index (χ2n) is 8.33.